The van der Waals surface area contributed by atoms with Crippen molar-refractivity contribution in [2.24, 2.45) is 0 Å². The topological polar surface area (TPSA) is 56.4 Å². The van der Waals surface area contributed by atoms with E-state index in [0.29, 0.717) is 6.42 Å². The van der Waals surface area contributed by atoms with E-state index in [-0.39, 0.29) is 17.5 Å². The number of rotatable bonds is 5. The van der Waals surface area contributed by atoms with Gasteiger partial charge >= 0.3 is 0 Å². The summed E-state index contributed by atoms with van der Waals surface area (Å²) < 4.78 is 25.5. The van der Waals surface area contributed by atoms with Crippen LogP contribution in [0, 0.1) is 20.8 Å². The molecular formula is C19H28N3O2S+. The maximum absolute atomic E-state index is 11.8. The van der Waals surface area contributed by atoms with Crippen LogP contribution in [0.3, 0.4) is 0 Å². The van der Waals surface area contributed by atoms with Gasteiger partial charge in [-0.25, -0.2) is 8.42 Å². The Hall–Kier alpha value is -1.66. The minimum absolute atomic E-state index is 0.00544. The van der Waals surface area contributed by atoms with E-state index in [2.05, 4.69) is 50.3 Å². The predicted octanol–water partition coefficient (Wildman–Crippen LogP) is 1.38. The summed E-state index contributed by atoms with van der Waals surface area (Å²) in [6.07, 6.45) is 0.676. The minimum atomic E-state index is -2.90. The Kier molecular flexibility index (Phi) is 5.02. The Bertz CT molecular complexity index is 871. The molecule has 1 aromatic heterocycles. The van der Waals surface area contributed by atoms with Crippen LogP contribution >= 0.6 is 0 Å². The van der Waals surface area contributed by atoms with Crippen LogP contribution in [0.2, 0.25) is 0 Å². The number of nitrogens with zero attached hydrogens (tertiary/aromatic N) is 2. The van der Waals surface area contributed by atoms with Crippen molar-refractivity contribution in [3.05, 3.63) is 52.3 Å². The van der Waals surface area contributed by atoms with E-state index in [1.165, 1.54) is 21.6 Å². The molecule has 0 bridgehead atoms. The van der Waals surface area contributed by atoms with E-state index >= 15 is 0 Å². The second-order valence-corrected chi connectivity index (χ2v) is 9.62. The highest BCUT2D eigenvalue weighted by Crippen LogP contribution is 2.26. The summed E-state index contributed by atoms with van der Waals surface area (Å²) >= 11 is 0. The summed E-state index contributed by atoms with van der Waals surface area (Å²) in [4.78, 5) is 1.40. The van der Waals surface area contributed by atoms with Gasteiger partial charge in [-0.2, -0.15) is 5.10 Å². The lowest BCUT2D eigenvalue weighted by Crippen LogP contribution is -3.06. The van der Waals surface area contributed by atoms with E-state index in [9.17, 15) is 8.42 Å². The highest BCUT2D eigenvalue weighted by Gasteiger charge is 2.31. The molecule has 0 amide bonds. The van der Waals surface area contributed by atoms with Crippen molar-refractivity contribution in [3.63, 3.8) is 0 Å². The second kappa shape index (κ2) is 6.92. The van der Waals surface area contributed by atoms with E-state index < -0.39 is 9.84 Å². The van der Waals surface area contributed by atoms with Crippen LogP contribution in [0.5, 0.6) is 0 Å². The molecule has 1 aliphatic rings. The molecule has 2 heterocycles. The fourth-order valence-electron chi connectivity index (χ4n) is 3.77. The molecule has 1 N–H and O–H groups in total. The van der Waals surface area contributed by atoms with Gasteiger partial charge < -0.3 is 4.90 Å². The zero-order valence-electron chi connectivity index (χ0n) is 15.5. The van der Waals surface area contributed by atoms with Gasteiger partial charge in [-0.15, -0.1) is 0 Å². The Morgan fingerprint density at radius 1 is 1.20 bits per heavy atom. The van der Waals surface area contributed by atoms with E-state index in [0.717, 1.165) is 24.5 Å². The van der Waals surface area contributed by atoms with Crippen molar-refractivity contribution in [1.82, 2.24) is 9.78 Å². The summed E-state index contributed by atoms with van der Waals surface area (Å²) in [7, 11) is -0.701. The van der Waals surface area contributed by atoms with E-state index in [1.54, 1.807) is 0 Å². The molecule has 1 aromatic carbocycles. The first-order chi connectivity index (χ1) is 11.8. The number of hydrogen-bond acceptors (Lipinski definition) is 3. The smallest absolute Gasteiger partial charge is 0.152 e. The summed E-state index contributed by atoms with van der Waals surface area (Å²) in [5, 5.41) is 4.67. The number of sulfone groups is 1. The third kappa shape index (κ3) is 3.96. The Morgan fingerprint density at radius 3 is 2.56 bits per heavy atom. The van der Waals surface area contributed by atoms with Gasteiger partial charge in [-0.1, -0.05) is 24.3 Å². The lowest BCUT2D eigenvalue weighted by molar-refractivity contribution is -0.907. The molecule has 2 aromatic rings. The predicted molar refractivity (Wildman–Crippen MR) is 99.5 cm³/mol. The number of aryl methyl sites for hydroxylation is 2. The van der Waals surface area contributed by atoms with E-state index in [1.807, 2.05) is 11.6 Å². The first-order valence-corrected chi connectivity index (χ1v) is 10.7. The van der Waals surface area contributed by atoms with Gasteiger partial charge in [0.1, 0.15) is 13.1 Å². The van der Waals surface area contributed by atoms with Gasteiger partial charge in [0.25, 0.3) is 0 Å². The number of benzene rings is 1. The van der Waals surface area contributed by atoms with Crippen molar-refractivity contribution in [3.8, 4) is 0 Å². The molecule has 136 valence electrons. The lowest BCUT2D eigenvalue weighted by Gasteiger charge is -2.16. The normalized spacial score (nSPS) is 20.7. The molecule has 1 unspecified atom stereocenters. The van der Waals surface area contributed by atoms with Crippen LogP contribution in [0.4, 0.5) is 0 Å². The van der Waals surface area contributed by atoms with Crippen molar-refractivity contribution >= 4 is 9.84 Å². The van der Waals surface area contributed by atoms with Crippen molar-refractivity contribution in [2.45, 2.75) is 46.3 Å². The van der Waals surface area contributed by atoms with Crippen LogP contribution in [0.25, 0.3) is 0 Å². The molecule has 1 saturated heterocycles. The second-order valence-electron chi connectivity index (χ2n) is 7.39. The van der Waals surface area contributed by atoms with Crippen LogP contribution in [0.15, 0.2) is 24.3 Å². The molecule has 0 aliphatic carbocycles. The number of quaternary nitrogens is 1. The molecule has 5 nitrogen and oxygen atoms in total. The first kappa shape index (κ1) is 18.1. The molecule has 1 aliphatic heterocycles. The monoisotopic (exact) mass is 362 g/mol. The Labute approximate surface area is 150 Å². The molecule has 25 heavy (non-hydrogen) atoms. The van der Waals surface area contributed by atoms with Gasteiger partial charge in [-0.3, -0.25) is 4.68 Å². The quantitative estimate of drug-likeness (QED) is 0.874. The zero-order valence-corrected chi connectivity index (χ0v) is 16.4. The molecule has 0 radical (unpaired) electrons. The van der Waals surface area contributed by atoms with Gasteiger partial charge in [-0.05, 0) is 32.8 Å². The SMILES string of the molecule is Cc1ccccc1C[NH+](C)Cc1c(C)nn([C@@H]2CCS(=O)(=O)C2)c1C. The van der Waals surface area contributed by atoms with E-state index in [4.69, 9.17) is 0 Å². The summed E-state index contributed by atoms with van der Waals surface area (Å²) in [6, 6.07) is 8.49. The highest BCUT2D eigenvalue weighted by molar-refractivity contribution is 7.91. The average molecular weight is 363 g/mol. The van der Waals surface area contributed by atoms with Crippen LogP contribution in [-0.4, -0.2) is 36.8 Å². The van der Waals surface area contributed by atoms with Gasteiger partial charge in [0.2, 0.25) is 0 Å². The van der Waals surface area contributed by atoms with Crippen molar-refractivity contribution < 1.29 is 13.3 Å². The summed E-state index contributed by atoms with van der Waals surface area (Å²) in [5.41, 5.74) is 6.07. The Balaban J connectivity index is 1.76. The standard InChI is InChI=1S/C19H27N3O2S/c1-14-7-5-6-8-17(14)11-21(4)12-19-15(2)20-22(16(19)3)18-9-10-25(23,24)13-18/h5-8,18H,9-13H2,1-4H3/p+1/t18-/m1/s1. The molecule has 2 atom stereocenters. The molecule has 6 heteroatoms. The maximum Gasteiger partial charge on any atom is 0.152 e. The lowest BCUT2D eigenvalue weighted by atomic mass is 10.1. The third-order valence-corrected chi connectivity index (χ3v) is 7.01. The van der Waals surface area contributed by atoms with Crippen molar-refractivity contribution in [1.29, 1.82) is 0 Å². The Morgan fingerprint density at radius 2 is 1.92 bits per heavy atom. The third-order valence-electron chi connectivity index (χ3n) is 5.26. The van der Waals surface area contributed by atoms with Crippen LogP contribution in [0.1, 0.15) is 40.5 Å². The zero-order chi connectivity index (χ0) is 18.2. The highest BCUT2D eigenvalue weighted by atomic mass is 32.2. The molecular weight excluding hydrogens is 334 g/mol. The van der Waals surface area contributed by atoms with Crippen molar-refractivity contribution in [2.75, 3.05) is 18.6 Å². The fraction of sp³-hybridized carbons (Fsp3) is 0.526. The molecule has 0 saturated carbocycles. The van der Waals surface area contributed by atoms with Crippen LogP contribution in [-0.2, 0) is 22.9 Å². The average Bonchev–Trinajstić information content (AvgIpc) is 3.03. The first-order valence-electron chi connectivity index (χ1n) is 8.87. The number of aromatic nitrogens is 2. The van der Waals surface area contributed by atoms with Gasteiger partial charge in [0.15, 0.2) is 9.84 Å². The number of nitrogens with one attached hydrogen (secondary N) is 1. The van der Waals surface area contributed by atoms with Crippen LogP contribution < -0.4 is 4.90 Å². The molecule has 0 spiro atoms. The molecule has 1 fully saturated rings. The van der Waals surface area contributed by atoms with Gasteiger partial charge in [0, 0.05) is 11.3 Å². The molecule has 3 rings (SSSR count). The largest absolute Gasteiger partial charge is 0.330 e. The maximum atomic E-state index is 11.8. The number of hydrogen-bond donors (Lipinski definition) is 1. The summed E-state index contributed by atoms with van der Waals surface area (Å²) in [5.74, 6) is 0.504. The van der Waals surface area contributed by atoms with Gasteiger partial charge in [0.05, 0.1) is 35.9 Å². The summed E-state index contributed by atoms with van der Waals surface area (Å²) in [6.45, 7) is 8.11. The fourth-order valence-corrected chi connectivity index (χ4v) is 5.47. The minimum Gasteiger partial charge on any atom is -0.330 e.